The highest BCUT2D eigenvalue weighted by Gasteiger charge is 2.16. The van der Waals surface area contributed by atoms with E-state index in [-0.39, 0.29) is 5.69 Å². The maximum Gasteiger partial charge on any atom is 0.294 e. The van der Waals surface area contributed by atoms with Crippen LogP contribution in [-0.2, 0) is 0 Å². The van der Waals surface area contributed by atoms with Gasteiger partial charge < -0.3 is 5.32 Å². The largest absolute Gasteiger partial charge is 0.326 e. The Morgan fingerprint density at radius 1 is 1.04 bits per heavy atom. The van der Waals surface area contributed by atoms with Crippen molar-refractivity contribution in [3.05, 3.63) is 81.2 Å². The number of halogens is 1. The molecule has 26 heavy (non-hydrogen) atoms. The molecule has 1 aromatic heterocycles. The lowest BCUT2D eigenvalue weighted by molar-refractivity contribution is -0.383. The lowest BCUT2D eigenvalue weighted by atomic mass is 10.1. The second kappa shape index (κ2) is 6.74. The van der Waals surface area contributed by atoms with Crippen LogP contribution in [0.3, 0.4) is 0 Å². The maximum atomic E-state index is 11.2. The molecule has 0 aliphatic heterocycles. The van der Waals surface area contributed by atoms with Gasteiger partial charge in [0, 0.05) is 22.0 Å². The normalized spacial score (nSPS) is 10.8. The highest BCUT2D eigenvalue weighted by atomic mass is 35.5. The van der Waals surface area contributed by atoms with E-state index in [1.165, 1.54) is 22.8 Å². The molecule has 0 aliphatic carbocycles. The van der Waals surface area contributed by atoms with Crippen molar-refractivity contribution in [3.63, 3.8) is 0 Å². The molecule has 0 radical (unpaired) electrons. The van der Waals surface area contributed by atoms with E-state index >= 15 is 0 Å². The topological polar surface area (TPSA) is 68.1 Å². The van der Waals surface area contributed by atoms with Crippen molar-refractivity contribution >= 4 is 50.2 Å². The molecular weight excluding hydrogens is 370 g/mol. The summed E-state index contributed by atoms with van der Waals surface area (Å²) in [4.78, 5) is 15.3. The number of aromatic nitrogens is 1. The minimum atomic E-state index is -0.466. The van der Waals surface area contributed by atoms with Gasteiger partial charge in [-0.05, 0) is 29.0 Å². The smallest absolute Gasteiger partial charge is 0.294 e. The average Bonchev–Trinajstić information content (AvgIpc) is 3.11. The molecule has 0 bridgehead atoms. The Morgan fingerprint density at radius 3 is 2.65 bits per heavy atom. The van der Waals surface area contributed by atoms with Crippen molar-refractivity contribution in [2.45, 2.75) is 0 Å². The fourth-order valence-electron chi connectivity index (χ4n) is 2.69. The molecule has 0 unspecified atom stereocenters. The Bertz CT molecular complexity index is 1130. The first kappa shape index (κ1) is 16.5. The summed E-state index contributed by atoms with van der Waals surface area (Å²) in [7, 11) is 0. The Morgan fingerprint density at radius 2 is 1.85 bits per heavy atom. The van der Waals surface area contributed by atoms with Gasteiger partial charge in [0.15, 0.2) is 5.13 Å². The van der Waals surface area contributed by atoms with Crippen molar-refractivity contribution in [1.82, 2.24) is 4.98 Å². The molecule has 1 heterocycles. The summed E-state index contributed by atoms with van der Waals surface area (Å²) in [5.74, 6) is 0. The van der Waals surface area contributed by atoms with Gasteiger partial charge in [-0.3, -0.25) is 10.1 Å². The SMILES string of the molecule is O=[N+]([O-])c1cc(Cl)ccc1Nc1nc(-c2ccc3ccccc3c2)cs1. The van der Waals surface area contributed by atoms with Crippen LogP contribution in [0.2, 0.25) is 5.02 Å². The van der Waals surface area contributed by atoms with Crippen LogP contribution in [-0.4, -0.2) is 9.91 Å². The third-order valence-corrected chi connectivity index (χ3v) is 4.94. The fourth-order valence-corrected chi connectivity index (χ4v) is 3.59. The van der Waals surface area contributed by atoms with Crippen molar-refractivity contribution < 1.29 is 4.92 Å². The Labute approximate surface area is 158 Å². The molecule has 0 atom stereocenters. The zero-order valence-corrected chi connectivity index (χ0v) is 14.9. The van der Waals surface area contributed by atoms with Gasteiger partial charge >= 0.3 is 0 Å². The number of nitrogens with one attached hydrogen (secondary N) is 1. The van der Waals surface area contributed by atoms with E-state index in [9.17, 15) is 10.1 Å². The van der Waals surface area contributed by atoms with Gasteiger partial charge in [-0.15, -0.1) is 11.3 Å². The molecule has 7 heteroatoms. The van der Waals surface area contributed by atoms with E-state index in [1.54, 1.807) is 12.1 Å². The van der Waals surface area contributed by atoms with Gasteiger partial charge in [0.1, 0.15) is 5.69 Å². The van der Waals surface area contributed by atoms with E-state index < -0.39 is 4.92 Å². The third kappa shape index (κ3) is 3.24. The summed E-state index contributed by atoms with van der Waals surface area (Å²) in [5, 5.41) is 19.4. The van der Waals surface area contributed by atoms with E-state index in [0.29, 0.717) is 15.8 Å². The van der Waals surface area contributed by atoms with E-state index in [1.807, 2.05) is 23.6 Å². The Hall–Kier alpha value is -2.96. The highest BCUT2D eigenvalue weighted by Crippen LogP contribution is 2.33. The number of anilines is 2. The number of nitro groups is 1. The van der Waals surface area contributed by atoms with Crippen LogP contribution in [0.5, 0.6) is 0 Å². The van der Waals surface area contributed by atoms with Crippen molar-refractivity contribution in [2.24, 2.45) is 0 Å². The zero-order chi connectivity index (χ0) is 18.1. The van der Waals surface area contributed by atoms with E-state index in [4.69, 9.17) is 11.6 Å². The number of hydrogen-bond acceptors (Lipinski definition) is 5. The summed E-state index contributed by atoms with van der Waals surface area (Å²) in [6.07, 6.45) is 0. The second-order valence-electron chi connectivity index (χ2n) is 5.64. The minimum absolute atomic E-state index is 0.0834. The zero-order valence-electron chi connectivity index (χ0n) is 13.3. The van der Waals surface area contributed by atoms with Gasteiger partial charge in [-0.2, -0.15) is 0 Å². The maximum absolute atomic E-state index is 11.2. The molecule has 4 aromatic rings. The van der Waals surface area contributed by atoms with Crippen LogP contribution in [0.4, 0.5) is 16.5 Å². The predicted octanol–water partition coefficient (Wildman–Crippen LogP) is 6.27. The Balaban J connectivity index is 1.65. The standard InChI is InChI=1S/C19H12ClN3O2S/c20-15-7-8-16(18(10-15)23(24)25)21-19-22-17(11-26-19)14-6-5-12-3-1-2-4-13(12)9-14/h1-11H,(H,21,22). The van der Waals surface area contributed by atoms with Crippen LogP contribution >= 0.6 is 22.9 Å². The molecule has 0 aliphatic rings. The fraction of sp³-hybridized carbons (Fsp3) is 0. The van der Waals surface area contributed by atoms with E-state index in [0.717, 1.165) is 16.6 Å². The lowest BCUT2D eigenvalue weighted by Gasteiger charge is -2.04. The number of nitro benzene ring substituents is 1. The molecule has 3 aromatic carbocycles. The van der Waals surface area contributed by atoms with Crippen molar-refractivity contribution in [2.75, 3.05) is 5.32 Å². The summed E-state index contributed by atoms with van der Waals surface area (Å²) in [5.41, 5.74) is 2.09. The number of nitrogens with zero attached hydrogens (tertiary/aromatic N) is 2. The van der Waals surface area contributed by atoms with Crippen LogP contribution in [0.25, 0.3) is 22.0 Å². The van der Waals surface area contributed by atoms with Gasteiger partial charge in [0.2, 0.25) is 0 Å². The monoisotopic (exact) mass is 381 g/mol. The van der Waals surface area contributed by atoms with Crippen molar-refractivity contribution in [1.29, 1.82) is 0 Å². The van der Waals surface area contributed by atoms with Crippen LogP contribution in [0, 0.1) is 10.1 Å². The Kier molecular flexibility index (Phi) is 4.28. The van der Waals surface area contributed by atoms with Crippen LogP contribution < -0.4 is 5.32 Å². The van der Waals surface area contributed by atoms with Crippen LogP contribution in [0.15, 0.2) is 66.0 Å². The molecule has 0 amide bonds. The molecule has 1 N–H and O–H groups in total. The molecule has 128 valence electrons. The number of fused-ring (bicyclic) bond motifs is 1. The second-order valence-corrected chi connectivity index (χ2v) is 6.94. The molecule has 4 rings (SSSR count). The molecule has 5 nitrogen and oxygen atoms in total. The number of rotatable bonds is 4. The van der Waals surface area contributed by atoms with Gasteiger partial charge in [0.05, 0.1) is 10.6 Å². The number of thiazole rings is 1. The van der Waals surface area contributed by atoms with Gasteiger partial charge in [-0.1, -0.05) is 48.0 Å². The quantitative estimate of drug-likeness (QED) is 0.334. The van der Waals surface area contributed by atoms with Gasteiger partial charge in [0.25, 0.3) is 5.69 Å². The number of hydrogen-bond donors (Lipinski definition) is 1. The first-order chi connectivity index (χ1) is 12.6. The highest BCUT2D eigenvalue weighted by molar-refractivity contribution is 7.14. The summed E-state index contributed by atoms with van der Waals surface area (Å²) in [6, 6.07) is 18.8. The predicted molar refractivity (Wildman–Crippen MR) is 106 cm³/mol. The minimum Gasteiger partial charge on any atom is -0.326 e. The number of benzene rings is 3. The summed E-state index contributed by atoms with van der Waals surface area (Å²) >= 11 is 7.24. The van der Waals surface area contributed by atoms with Gasteiger partial charge in [-0.25, -0.2) is 4.98 Å². The molecule has 0 fully saturated rings. The summed E-state index contributed by atoms with van der Waals surface area (Å²) < 4.78 is 0. The first-order valence-corrected chi connectivity index (χ1v) is 9.01. The van der Waals surface area contributed by atoms with E-state index in [2.05, 4.69) is 34.6 Å². The third-order valence-electron chi connectivity index (χ3n) is 3.95. The molecule has 0 saturated carbocycles. The average molecular weight is 382 g/mol. The molecule has 0 spiro atoms. The molecular formula is C19H12ClN3O2S. The molecule has 0 saturated heterocycles. The first-order valence-electron chi connectivity index (χ1n) is 7.76. The summed E-state index contributed by atoms with van der Waals surface area (Å²) in [6.45, 7) is 0. The van der Waals surface area contributed by atoms with Crippen molar-refractivity contribution in [3.8, 4) is 11.3 Å². The lowest BCUT2D eigenvalue weighted by Crippen LogP contribution is -1.96. The van der Waals surface area contributed by atoms with Crippen LogP contribution in [0.1, 0.15) is 0 Å².